The fourth-order valence-corrected chi connectivity index (χ4v) is 5.80. The molecule has 9 heteroatoms. The Hall–Kier alpha value is -5.05. The Morgan fingerprint density at radius 2 is 1.84 bits per heavy atom. The number of fused-ring (bicyclic) bond motifs is 8. The molecule has 44 heavy (non-hydrogen) atoms. The van der Waals surface area contributed by atoms with Gasteiger partial charge in [0.05, 0.1) is 32.4 Å². The van der Waals surface area contributed by atoms with E-state index in [1.807, 2.05) is 59.5 Å². The lowest BCUT2D eigenvalue weighted by molar-refractivity contribution is -0.121. The quantitative estimate of drug-likeness (QED) is 0.335. The fourth-order valence-electron chi connectivity index (χ4n) is 5.80. The SMILES string of the molecule is COc1ccc2cc1OCCCNC(=O)CCc1cccc(c1)Oc1cc3c(cc1OC)C2N(C(=O)c1cccnc1)CC3. The average Bonchev–Trinajstić information content (AvgIpc) is 3.06. The summed E-state index contributed by atoms with van der Waals surface area (Å²) in [6.45, 7) is 1.37. The van der Waals surface area contributed by atoms with Crippen molar-refractivity contribution in [1.82, 2.24) is 15.2 Å². The summed E-state index contributed by atoms with van der Waals surface area (Å²) in [6.07, 6.45) is 5.47. The molecule has 4 heterocycles. The number of hydrogen-bond donors (Lipinski definition) is 1. The van der Waals surface area contributed by atoms with Gasteiger partial charge in [0, 0.05) is 31.9 Å². The molecule has 3 aliphatic rings. The van der Waals surface area contributed by atoms with Crippen molar-refractivity contribution < 1.29 is 28.5 Å². The van der Waals surface area contributed by atoms with Crippen molar-refractivity contribution >= 4 is 11.8 Å². The number of pyridine rings is 1. The van der Waals surface area contributed by atoms with Crippen LogP contribution in [0.3, 0.4) is 0 Å². The van der Waals surface area contributed by atoms with Crippen LogP contribution in [0, 0.1) is 0 Å². The molecule has 4 aromatic rings. The van der Waals surface area contributed by atoms with Crippen LogP contribution in [0.1, 0.15) is 51.5 Å². The lowest BCUT2D eigenvalue weighted by Crippen LogP contribution is -2.40. The third-order valence-corrected chi connectivity index (χ3v) is 7.99. The standard InChI is InChI=1S/C35H35N3O6/c1-41-29-11-10-25-20-31(29)43-17-5-15-37-33(39)12-9-23-6-3-8-27(18-23)44-32-19-24-13-16-38(34(25)28(24)21-30(32)42-2)35(40)26-7-4-14-36-22-26/h3-4,6-8,10-11,14,18-22,34H,5,9,12-13,15-17H2,1-2H3,(H,37,39). The molecule has 1 N–H and O–H groups in total. The summed E-state index contributed by atoms with van der Waals surface area (Å²) in [7, 11) is 3.21. The van der Waals surface area contributed by atoms with Gasteiger partial charge < -0.3 is 29.2 Å². The van der Waals surface area contributed by atoms with E-state index in [9.17, 15) is 9.59 Å². The molecule has 0 saturated heterocycles. The average molecular weight is 594 g/mol. The number of methoxy groups -OCH3 is 2. The number of aryl methyl sites for hydroxylation is 1. The number of aromatic nitrogens is 1. The first-order chi connectivity index (χ1) is 21.5. The van der Waals surface area contributed by atoms with Gasteiger partial charge in [-0.05, 0) is 90.0 Å². The summed E-state index contributed by atoms with van der Waals surface area (Å²) >= 11 is 0. The molecule has 1 atom stereocenters. The van der Waals surface area contributed by atoms with Crippen LogP contribution in [-0.4, -0.2) is 55.6 Å². The molecule has 3 aromatic carbocycles. The minimum Gasteiger partial charge on any atom is -0.493 e. The Morgan fingerprint density at radius 1 is 0.955 bits per heavy atom. The molecule has 0 fully saturated rings. The van der Waals surface area contributed by atoms with Crippen molar-refractivity contribution in [2.75, 3.05) is 33.9 Å². The molecule has 3 aliphatic heterocycles. The minimum atomic E-state index is -0.434. The maximum Gasteiger partial charge on any atom is 0.256 e. The van der Waals surface area contributed by atoms with Crippen molar-refractivity contribution in [3.8, 4) is 28.7 Å². The third-order valence-electron chi connectivity index (χ3n) is 7.99. The lowest BCUT2D eigenvalue weighted by atomic mass is 9.87. The van der Waals surface area contributed by atoms with Crippen molar-refractivity contribution in [2.45, 2.75) is 31.7 Å². The van der Waals surface area contributed by atoms with Gasteiger partial charge in [-0.1, -0.05) is 18.2 Å². The lowest BCUT2D eigenvalue weighted by Gasteiger charge is -2.38. The van der Waals surface area contributed by atoms with Gasteiger partial charge >= 0.3 is 0 Å². The predicted molar refractivity (Wildman–Crippen MR) is 165 cm³/mol. The van der Waals surface area contributed by atoms with E-state index < -0.39 is 6.04 Å². The normalized spacial score (nSPS) is 16.6. The van der Waals surface area contributed by atoms with Gasteiger partial charge in [-0.25, -0.2) is 0 Å². The number of benzene rings is 3. The molecule has 1 aromatic heterocycles. The number of rotatable bonds is 3. The second kappa shape index (κ2) is 13.1. The van der Waals surface area contributed by atoms with Crippen LogP contribution in [0.25, 0.3) is 0 Å². The second-order valence-corrected chi connectivity index (χ2v) is 10.8. The van der Waals surface area contributed by atoms with E-state index in [0.29, 0.717) is 79.7 Å². The zero-order chi connectivity index (χ0) is 30.5. The van der Waals surface area contributed by atoms with Gasteiger partial charge in [-0.2, -0.15) is 0 Å². The number of hydrogen-bond acceptors (Lipinski definition) is 7. The number of nitrogens with one attached hydrogen (secondary N) is 1. The number of carbonyl (C=O) groups is 2. The topological polar surface area (TPSA) is 99.2 Å². The number of ether oxygens (including phenoxy) is 4. The molecule has 0 spiro atoms. The van der Waals surface area contributed by atoms with Crippen LogP contribution in [-0.2, 0) is 17.6 Å². The number of amides is 2. The van der Waals surface area contributed by atoms with E-state index in [2.05, 4.69) is 10.3 Å². The first-order valence-corrected chi connectivity index (χ1v) is 14.8. The van der Waals surface area contributed by atoms with E-state index in [4.69, 9.17) is 18.9 Å². The molecule has 1 unspecified atom stereocenters. The van der Waals surface area contributed by atoms with Gasteiger partial charge in [0.2, 0.25) is 5.91 Å². The monoisotopic (exact) mass is 593 g/mol. The summed E-state index contributed by atoms with van der Waals surface area (Å²) in [5.74, 6) is 2.81. The van der Waals surface area contributed by atoms with Crippen molar-refractivity contribution in [2.24, 2.45) is 0 Å². The van der Waals surface area contributed by atoms with Gasteiger partial charge in [-0.15, -0.1) is 0 Å². The van der Waals surface area contributed by atoms with Crippen molar-refractivity contribution in [3.05, 3.63) is 107 Å². The molecule has 226 valence electrons. The highest BCUT2D eigenvalue weighted by atomic mass is 16.5. The van der Waals surface area contributed by atoms with E-state index >= 15 is 0 Å². The molecule has 8 bridgehead atoms. The Bertz CT molecular complexity index is 1660. The van der Waals surface area contributed by atoms with E-state index in [-0.39, 0.29) is 11.8 Å². The molecular weight excluding hydrogens is 558 g/mol. The smallest absolute Gasteiger partial charge is 0.256 e. The molecule has 2 amide bonds. The largest absolute Gasteiger partial charge is 0.493 e. The number of carbonyl (C=O) groups excluding carboxylic acids is 2. The Kier molecular flexibility index (Phi) is 8.63. The van der Waals surface area contributed by atoms with Crippen molar-refractivity contribution in [3.63, 3.8) is 0 Å². The van der Waals surface area contributed by atoms with Gasteiger partial charge in [0.15, 0.2) is 23.0 Å². The fraction of sp³-hybridized carbons (Fsp3) is 0.286. The Balaban J connectivity index is 1.47. The second-order valence-electron chi connectivity index (χ2n) is 10.8. The van der Waals surface area contributed by atoms with Crippen LogP contribution < -0.4 is 24.3 Å². The number of nitrogens with zero attached hydrogens (tertiary/aromatic N) is 2. The third kappa shape index (κ3) is 6.17. The minimum absolute atomic E-state index is 0.0180. The highest BCUT2D eigenvalue weighted by Gasteiger charge is 2.34. The van der Waals surface area contributed by atoms with Crippen LogP contribution in [0.4, 0.5) is 0 Å². The summed E-state index contributed by atoms with van der Waals surface area (Å²) in [4.78, 5) is 32.5. The molecule has 0 radical (unpaired) electrons. The first kappa shape index (κ1) is 29.0. The molecule has 0 aliphatic carbocycles. The summed E-state index contributed by atoms with van der Waals surface area (Å²) < 4.78 is 24.0. The Labute approximate surface area is 256 Å². The molecule has 9 nitrogen and oxygen atoms in total. The summed E-state index contributed by atoms with van der Waals surface area (Å²) in [5, 5.41) is 2.98. The Morgan fingerprint density at radius 3 is 2.66 bits per heavy atom. The van der Waals surface area contributed by atoms with Gasteiger partial charge in [0.1, 0.15) is 5.75 Å². The molecule has 0 saturated carbocycles. The molecule has 7 rings (SSSR count). The van der Waals surface area contributed by atoms with Crippen LogP contribution in [0.5, 0.6) is 28.7 Å². The maximum atomic E-state index is 13.9. The van der Waals surface area contributed by atoms with E-state index in [0.717, 1.165) is 22.3 Å². The van der Waals surface area contributed by atoms with E-state index in [1.54, 1.807) is 38.7 Å². The molecular formula is C35H35N3O6. The highest BCUT2D eigenvalue weighted by molar-refractivity contribution is 5.94. The maximum absolute atomic E-state index is 13.9. The van der Waals surface area contributed by atoms with Crippen LogP contribution in [0.15, 0.2) is 79.1 Å². The highest BCUT2D eigenvalue weighted by Crippen LogP contribution is 2.44. The summed E-state index contributed by atoms with van der Waals surface area (Å²) in [6, 6.07) is 20.6. The summed E-state index contributed by atoms with van der Waals surface area (Å²) in [5.41, 5.74) is 4.38. The zero-order valence-corrected chi connectivity index (χ0v) is 24.9. The first-order valence-electron chi connectivity index (χ1n) is 14.8. The van der Waals surface area contributed by atoms with Crippen molar-refractivity contribution in [1.29, 1.82) is 0 Å². The zero-order valence-electron chi connectivity index (χ0n) is 24.9. The van der Waals surface area contributed by atoms with Gasteiger partial charge in [-0.3, -0.25) is 14.6 Å². The van der Waals surface area contributed by atoms with Crippen LogP contribution >= 0.6 is 0 Å². The van der Waals surface area contributed by atoms with E-state index in [1.165, 1.54) is 0 Å². The van der Waals surface area contributed by atoms with Crippen LogP contribution in [0.2, 0.25) is 0 Å². The predicted octanol–water partition coefficient (Wildman–Crippen LogP) is 5.51. The van der Waals surface area contributed by atoms with Gasteiger partial charge in [0.25, 0.3) is 5.91 Å².